The monoisotopic (exact) mass is 290 g/mol. The Hall–Kier alpha value is -1.81. The summed E-state index contributed by atoms with van der Waals surface area (Å²) >= 11 is 6.16. The number of nitrogens with zero attached hydrogens (tertiary/aromatic N) is 2. The molecule has 0 atom stereocenters. The van der Waals surface area contributed by atoms with Crippen LogP contribution in [0, 0.1) is 0 Å². The Morgan fingerprint density at radius 2 is 2.00 bits per heavy atom. The summed E-state index contributed by atoms with van der Waals surface area (Å²) < 4.78 is 1.80. The van der Waals surface area contributed by atoms with E-state index < -0.39 is 5.97 Å². The van der Waals surface area contributed by atoms with Gasteiger partial charge in [0.1, 0.15) is 11.3 Å². The van der Waals surface area contributed by atoms with Crippen molar-refractivity contribution in [2.24, 2.45) is 0 Å². The number of benzene rings is 1. The fourth-order valence-corrected chi connectivity index (χ4v) is 2.98. The van der Waals surface area contributed by atoms with Crippen LogP contribution in [0.2, 0.25) is 5.02 Å². The lowest BCUT2D eigenvalue weighted by molar-refractivity contribution is 0.0697. The lowest BCUT2D eigenvalue weighted by atomic mass is 10.1. The number of rotatable bonds is 3. The van der Waals surface area contributed by atoms with E-state index in [1.807, 2.05) is 12.1 Å². The minimum Gasteiger partial charge on any atom is -0.478 e. The highest BCUT2D eigenvalue weighted by molar-refractivity contribution is 6.33. The first kappa shape index (κ1) is 13.2. The molecule has 1 aromatic carbocycles. The third-order valence-corrected chi connectivity index (χ3v) is 4.12. The average Bonchev–Trinajstić information content (AvgIpc) is 3.08. The van der Waals surface area contributed by atoms with Gasteiger partial charge < -0.3 is 5.11 Å². The molecule has 1 N–H and O–H groups in total. The summed E-state index contributed by atoms with van der Waals surface area (Å²) in [5, 5.41) is 14.4. The standard InChI is InChI=1S/C15H15ClN2O2/c16-13-8-4-3-7-11(13)14-12(15(19)20)9-18(17-14)10-5-1-2-6-10/h3-4,7-10H,1-2,5-6H2,(H,19,20). The van der Waals surface area contributed by atoms with Crippen LogP contribution >= 0.6 is 11.6 Å². The lowest BCUT2D eigenvalue weighted by Crippen LogP contribution is -2.05. The van der Waals surface area contributed by atoms with Crippen LogP contribution in [-0.2, 0) is 0 Å². The highest BCUT2D eigenvalue weighted by Gasteiger charge is 2.23. The predicted octanol–water partition coefficient (Wildman–Crippen LogP) is 4.02. The van der Waals surface area contributed by atoms with Crippen LogP contribution in [0.5, 0.6) is 0 Å². The number of aromatic nitrogens is 2. The maximum absolute atomic E-state index is 11.4. The molecule has 1 fully saturated rings. The van der Waals surface area contributed by atoms with Gasteiger partial charge in [-0.3, -0.25) is 4.68 Å². The molecule has 3 rings (SSSR count). The molecule has 0 bridgehead atoms. The van der Waals surface area contributed by atoms with Crippen LogP contribution in [0.15, 0.2) is 30.5 Å². The molecule has 1 aromatic heterocycles. The van der Waals surface area contributed by atoms with Crippen molar-refractivity contribution >= 4 is 17.6 Å². The maximum Gasteiger partial charge on any atom is 0.339 e. The predicted molar refractivity (Wildman–Crippen MR) is 77.1 cm³/mol. The van der Waals surface area contributed by atoms with E-state index in [1.54, 1.807) is 23.0 Å². The third-order valence-electron chi connectivity index (χ3n) is 3.79. The Balaban J connectivity index is 2.09. The molecule has 5 heteroatoms. The molecule has 0 unspecified atom stereocenters. The van der Waals surface area contributed by atoms with Crippen molar-refractivity contribution in [1.29, 1.82) is 0 Å². The molecule has 0 spiro atoms. The number of hydrogen-bond donors (Lipinski definition) is 1. The topological polar surface area (TPSA) is 55.1 Å². The summed E-state index contributed by atoms with van der Waals surface area (Å²) in [5.41, 5.74) is 1.34. The lowest BCUT2D eigenvalue weighted by Gasteiger charge is -2.08. The number of carboxylic acids is 1. The summed E-state index contributed by atoms with van der Waals surface area (Å²) in [7, 11) is 0. The molecule has 1 aliphatic carbocycles. The van der Waals surface area contributed by atoms with Crippen molar-refractivity contribution in [1.82, 2.24) is 9.78 Å². The smallest absolute Gasteiger partial charge is 0.339 e. The summed E-state index contributed by atoms with van der Waals surface area (Å²) in [6.07, 6.45) is 6.10. The first-order chi connectivity index (χ1) is 9.66. The van der Waals surface area contributed by atoms with Gasteiger partial charge in [-0.2, -0.15) is 5.10 Å². The molecule has 0 amide bonds. The second-order valence-corrected chi connectivity index (χ2v) is 5.50. The third kappa shape index (κ3) is 2.31. The van der Waals surface area contributed by atoms with E-state index in [4.69, 9.17) is 11.6 Å². The van der Waals surface area contributed by atoms with Gasteiger partial charge in [-0.15, -0.1) is 0 Å². The van der Waals surface area contributed by atoms with E-state index in [-0.39, 0.29) is 5.56 Å². The van der Waals surface area contributed by atoms with Gasteiger partial charge in [-0.05, 0) is 18.9 Å². The maximum atomic E-state index is 11.4. The molecule has 1 aliphatic rings. The molecular weight excluding hydrogens is 276 g/mol. The fraction of sp³-hybridized carbons (Fsp3) is 0.333. The summed E-state index contributed by atoms with van der Waals surface area (Å²) in [4.78, 5) is 11.4. The zero-order chi connectivity index (χ0) is 14.1. The molecule has 0 radical (unpaired) electrons. The number of halogens is 1. The van der Waals surface area contributed by atoms with Crippen molar-refractivity contribution in [3.05, 3.63) is 41.0 Å². The van der Waals surface area contributed by atoms with Gasteiger partial charge in [0, 0.05) is 11.8 Å². The minimum atomic E-state index is -0.968. The summed E-state index contributed by atoms with van der Waals surface area (Å²) in [6.45, 7) is 0. The molecule has 104 valence electrons. The van der Waals surface area contributed by atoms with Gasteiger partial charge >= 0.3 is 5.97 Å². The van der Waals surface area contributed by atoms with E-state index in [2.05, 4.69) is 5.10 Å². The quantitative estimate of drug-likeness (QED) is 0.929. The van der Waals surface area contributed by atoms with Crippen LogP contribution in [0.3, 0.4) is 0 Å². The second kappa shape index (κ2) is 5.29. The molecule has 4 nitrogen and oxygen atoms in total. The van der Waals surface area contributed by atoms with Crippen LogP contribution in [0.25, 0.3) is 11.3 Å². The van der Waals surface area contributed by atoms with E-state index in [0.717, 1.165) is 12.8 Å². The first-order valence-corrected chi connectivity index (χ1v) is 7.12. The van der Waals surface area contributed by atoms with Gasteiger partial charge in [0.2, 0.25) is 0 Å². The second-order valence-electron chi connectivity index (χ2n) is 5.09. The van der Waals surface area contributed by atoms with Crippen LogP contribution in [-0.4, -0.2) is 20.9 Å². The number of hydrogen-bond acceptors (Lipinski definition) is 2. The van der Waals surface area contributed by atoms with Crippen molar-refractivity contribution < 1.29 is 9.90 Å². The Kier molecular flexibility index (Phi) is 3.49. The zero-order valence-corrected chi connectivity index (χ0v) is 11.7. The van der Waals surface area contributed by atoms with Crippen molar-refractivity contribution in [2.75, 3.05) is 0 Å². The Labute approximate surface area is 122 Å². The highest BCUT2D eigenvalue weighted by Crippen LogP contribution is 2.33. The van der Waals surface area contributed by atoms with Crippen LogP contribution in [0.1, 0.15) is 42.1 Å². The fourth-order valence-electron chi connectivity index (χ4n) is 2.76. The average molecular weight is 291 g/mol. The van der Waals surface area contributed by atoms with E-state index in [0.29, 0.717) is 22.3 Å². The molecule has 1 heterocycles. The van der Waals surface area contributed by atoms with Crippen molar-refractivity contribution in [3.63, 3.8) is 0 Å². The van der Waals surface area contributed by atoms with Crippen LogP contribution < -0.4 is 0 Å². The van der Waals surface area contributed by atoms with E-state index in [1.165, 1.54) is 12.8 Å². The van der Waals surface area contributed by atoms with E-state index in [9.17, 15) is 9.90 Å². The Morgan fingerprint density at radius 1 is 1.30 bits per heavy atom. The molecule has 0 saturated heterocycles. The zero-order valence-electron chi connectivity index (χ0n) is 10.9. The molecule has 0 aliphatic heterocycles. The highest BCUT2D eigenvalue weighted by atomic mass is 35.5. The van der Waals surface area contributed by atoms with Gasteiger partial charge in [0.25, 0.3) is 0 Å². The Bertz CT molecular complexity index is 645. The normalized spacial score (nSPS) is 15.7. The Morgan fingerprint density at radius 3 is 2.65 bits per heavy atom. The molecule has 1 saturated carbocycles. The number of aromatic carboxylic acids is 1. The molecule has 20 heavy (non-hydrogen) atoms. The largest absolute Gasteiger partial charge is 0.478 e. The minimum absolute atomic E-state index is 0.213. The van der Waals surface area contributed by atoms with Gasteiger partial charge in [0.05, 0.1) is 11.1 Å². The SMILES string of the molecule is O=C(O)c1cn(C2CCCC2)nc1-c1ccccc1Cl. The van der Waals surface area contributed by atoms with Gasteiger partial charge in [-0.1, -0.05) is 42.6 Å². The molecule has 2 aromatic rings. The summed E-state index contributed by atoms with van der Waals surface area (Å²) in [5.74, 6) is -0.968. The van der Waals surface area contributed by atoms with Gasteiger partial charge in [-0.25, -0.2) is 4.79 Å². The first-order valence-electron chi connectivity index (χ1n) is 6.74. The van der Waals surface area contributed by atoms with E-state index >= 15 is 0 Å². The van der Waals surface area contributed by atoms with Crippen LogP contribution in [0.4, 0.5) is 0 Å². The van der Waals surface area contributed by atoms with Crippen molar-refractivity contribution in [2.45, 2.75) is 31.7 Å². The van der Waals surface area contributed by atoms with Gasteiger partial charge in [0.15, 0.2) is 0 Å². The number of carbonyl (C=O) groups is 1. The van der Waals surface area contributed by atoms with Crippen molar-refractivity contribution in [3.8, 4) is 11.3 Å². The molecular formula is C15H15ClN2O2. The summed E-state index contributed by atoms with van der Waals surface area (Å²) in [6, 6.07) is 7.51. The number of carboxylic acid groups (broad SMARTS) is 1.